The Balaban J connectivity index is 1.98. The molecule has 6 heteroatoms. The van der Waals surface area contributed by atoms with Crippen molar-refractivity contribution in [2.45, 2.75) is 25.9 Å². The Kier molecular flexibility index (Phi) is 3.53. The third-order valence-corrected chi connectivity index (χ3v) is 3.60. The molecule has 0 saturated carbocycles. The van der Waals surface area contributed by atoms with Crippen LogP contribution < -0.4 is 5.32 Å². The highest BCUT2D eigenvalue weighted by molar-refractivity contribution is 7.10. The van der Waals surface area contributed by atoms with Gasteiger partial charge in [-0.3, -0.25) is 4.79 Å². The van der Waals surface area contributed by atoms with Gasteiger partial charge >= 0.3 is 0 Å². The second-order valence-electron chi connectivity index (χ2n) is 3.80. The molecule has 0 aromatic carbocycles. The van der Waals surface area contributed by atoms with Crippen LogP contribution in [-0.4, -0.2) is 20.7 Å². The Hall–Kier alpha value is -1.69. The Bertz CT molecular complexity index is 466. The summed E-state index contributed by atoms with van der Waals surface area (Å²) in [5.41, 5.74) is 0. The lowest BCUT2D eigenvalue weighted by Gasteiger charge is -2.16. The van der Waals surface area contributed by atoms with Crippen LogP contribution in [0, 0.1) is 0 Å². The molecular formula is C11H14N4OS. The van der Waals surface area contributed by atoms with Crippen LogP contribution in [-0.2, 0) is 4.79 Å². The van der Waals surface area contributed by atoms with Gasteiger partial charge in [-0.15, -0.1) is 11.3 Å². The number of nitrogens with one attached hydrogen (secondary N) is 1. The molecule has 0 saturated heterocycles. The molecule has 90 valence electrons. The molecular weight excluding hydrogens is 236 g/mol. The molecule has 0 spiro atoms. The molecule has 0 fully saturated rings. The summed E-state index contributed by atoms with van der Waals surface area (Å²) in [6.07, 6.45) is 2.96. The molecule has 0 aliphatic heterocycles. The number of nitrogens with zero attached hydrogens (tertiary/aromatic N) is 3. The maximum absolute atomic E-state index is 12.0. The van der Waals surface area contributed by atoms with Gasteiger partial charge in [-0.1, -0.05) is 6.07 Å². The second kappa shape index (κ2) is 5.09. The summed E-state index contributed by atoms with van der Waals surface area (Å²) in [5, 5.41) is 8.91. The summed E-state index contributed by atoms with van der Waals surface area (Å²) < 4.78 is 1.54. The molecule has 0 bridgehead atoms. The number of rotatable bonds is 4. The number of thiophene rings is 1. The van der Waals surface area contributed by atoms with E-state index in [0.29, 0.717) is 0 Å². The van der Waals surface area contributed by atoms with Crippen molar-refractivity contribution in [1.29, 1.82) is 0 Å². The number of carbonyl (C=O) groups is 1. The van der Waals surface area contributed by atoms with Crippen LogP contribution in [0.2, 0.25) is 0 Å². The van der Waals surface area contributed by atoms with Gasteiger partial charge < -0.3 is 5.32 Å². The van der Waals surface area contributed by atoms with Crippen molar-refractivity contribution in [1.82, 2.24) is 20.1 Å². The van der Waals surface area contributed by atoms with Crippen molar-refractivity contribution in [3.05, 3.63) is 35.0 Å². The fourth-order valence-corrected chi connectivity index (χ4v) is 2.21. The summed E-state index contributed by atoms with van der Waals surface area (Å²) in [6.45, 7) is 3.77. The Labute approximate surface area is 103 Å². The summed E-state index contributed by atoms with van der Waals surface area (Å²) >= 11 is 1.63. The molecule has 0 radical (unpaired) electrons. The van der Waals surface area contributed by atoms with E-state index in [9.17, 15) is 4.79 Å². The van der Waals surface area contributed by atoms with E-state index in [1.165, 1.54) is 11.0 Å². The molecule has 1 N–H and O–H groups in total. The van der Waals surface area contributed by atoms with E-state index in [1.54, 1.807) is 24.6 Å². The first-order valence-electron chi connectivity index (χ1n) is 5.36. The normalized spacial score (nSPS) is 14.2. The van der Waals surface area contributed by atoms with Crippen LogP contribution in [0.4, 0.5) is 0 Å². The monoisotopic (exact) mass is 250 g/mol. The smallest absolute Gasteiger partial charge is 0.245 e. The van der Waals surface area contributed by atoms with E-state index in [1.807, 2.05) is 24.4 Å². The van der Waals surface area contributed by atoms with Crippen LogP contribution in [0.3, 0.4) is 0 Å². The van der Waals surface area contributed by atoms with E-state index in [2.05, 4.69) is 15.4 Å². The molecule has 1 amide bonds. The van der Waals surface area contributed by atoms with E-state index < -0.39 is 0 Å². The number of aromatic nitrogens is 3. The van der Waals surface area contributed by atoms with Gasteiger partial charge in [0.2, 0.25) is 5.91 Å². The molecule has 2 atom stereocenters. The first kappa shape index (κ1) is 11.8. The lowest BCUT2D eigenvalue weighted by molar-refractivity contribution is -0.124. The summed E-state index contributed by atoms with van der Waals surface area (Å²) in [4.78, 5) is 16.9. The topological polar surface area (TPSA) is 59.8 Å². The zero-order valence-electron chi connectivity index (χ0n) is 9.70. The number of carbonyl (C=O) groups excluding carboxylic acids is 1. The molecule has 17 heavy (non-hydrogen) atoms. The third-order valence-electron chi connectivity index (χ3n) is 2.54. The molecule has 0 aliphatic rings. The minimum atomic E-state index is -0.347. The zero-order valence-corrected chi connectivity index (χ0v) is 10.5. The molecule has 2 aromatic rings. The van der Waals surface area contributed by atoms with Gasteiger partial charge in [-0.2, -0.15) is 5.10 Å². The molecule has 2 unspecified atom stereocenters. The van der Waals surface area contributed by atoms with Gasteiger partial charge in [-0.05, 0) is 25.3 Å². The number of amides is 1. The van der Waals surface area contributed by atoms with Gasteiger partial charge in [0.1, 0.15) is 18.7 Å². The molecule has 2 rings (SSSR count). The van der Waals surface area contributed by atoms with Crippen LogP contribution in [0.25, 0.3) is 0 Å². The van der Waals surface area contributed by atoms with Crippen LogP contribution in [0.5, 0.6) is 0 Å². The van der Waals surface area contributed by atoms with Crippen LogP contribution in [0.15, 0.2) is 30.2 Å². The van der Waals surface area contributed by atoms with Gasteiger partial charge in [0.25, 0.3) is 0 Å². The van der Waals surface area contributed by atoms with Crippen molar-refractivity contribution < 1.29 is 4.79 Å². The molecule has 2 heterocycles. The lowest BCUT2D eigenvalue weighted by Crippen LogP contribution is -2.32. The maximum atomic E-state index is 12.0. The number of hydrogen-bond acceptors (Lipinski definition) is 4. The second-order valence-corrected chi connectivity index (χ2v) is 4.78. The fourth-order valence-electron chi connectivity index (χ4n) is 1.48. The first-order chi connectivity index (χ1) is 8.18. The summed E-state index contributed by atoms with van der Waals surface area (Å²) in [6, 6.07) is 3.66. The van der Waals surface area contributed by atoms with Crippen molar-refractivity contribution >= 4 is 17.2 Å². The van der Waals surface area contributed by atoms with E-state index in [-0.39, 0.29) is 18.0 Å². The molecule has 0 aliphatic carbocycles. The Morgan fingerprint density at radius 2 is 2.35 bits per heavy atom. The lowest BCUT2D eigenvalue weighted by atomic mass is 10.2. The minimum Gasteiger partial charge on any atom is -0.347 e. The van der Waals surface area contributed by atoms with Gasteiger partial charge in [0, 0.05) is 4.88 Å². The quantitative estimate of drug-likeness (QED) is 0.899. The van der Waals surface area contributed by atoms with Gasteiger partial charge in [0.05, 0.1) is 6.04 Å². The highest BCUT2D eigenvalue weighted by Gasteiger charge is 2.18. The van der Waals surface area contributed by atoms with Crippen molar-refractivity contribution in [3.63, 3.8) is 0 Å². The first-order valence-corrected chi connectivity index (χ1v) is 6.24. The predicted octanol–water partition coefficient (Wildman–Crippen LogP) is 1.78. The highest BCUT2D eigenvalue weighted by Crippen LogP contribution is 2.18. The van der Waals surface area contributed by atoms with Crippen LogP contribution >= 0.6 is 11.3 Å². The SMILES string of the molecule is CC(NC(=O)C(C)n1cncn1)c1cccs1. The standard InChI is InChI=1S/C11H14N4OS/c1-8(10-4-3-5-17-10)14-11(16)9(2)15-7-12-6-13-15/h3-9H,1-2H3,(H,14,16). The summed E-state index contributed by atoms with van der Waals surface area (Å²) in [5.74, 6) is -0.0589. The fraction of sp³-hybridized carbons (Fsp3) is 0.364. The minimum absolute atomic E-state index is 0.0217. The third kappa shape index (κ3) is 2.71. The average molecular weight is 250 g/mol. The Morgan fingerprint density at radius 3 is 2.94 bits per heavy atom. The maximum Gasteiger partial charge on any atom is 0.245 e. The highest BCUT2D eigenvalue weighted by atomic mass is 32.1. The van der Waals surface area contributed by atoms with Crippen molar-refractivity contribution in [3.8, 4) is 0 Å². The van der Waals surface area contributed by atoms with Gasteiger partial charge in [0.15, 0.2) is 0 Å². The average Bonchev–Trinajstić information content (AvgIpc) is 3.00. The van der Waals surface area contributed by atoms with E-state index in [4.69, 9.17) is 0 Å². The molecule has 5 nitrogen and oxygen atoms in total. The predicted molar refractivity (Wildman–Crippen MR) is 65.6 cm³/mol. The van der Waals surface area contributed by atoms with Gasteiger partial charge in [-0.25, -0.2) is 9.67 Å². The van der Waals surface area contributed by atoms with E-state index in [0.717, 1.165) is 4.88 Å². The van der Waals surface area contributed by atoms with E-state index >= 15 is 0 Å². The molecule has 2 aromatic heterocycles. The zero-order chi connectivity index (χ0) is 12.3. The van der Waals surface area contributed by atoms with Crippen molar-refractivity contribution in [2.24, 2.45) is 0 Å². The largest absolute Gasteiger partial charge is 0.347 e. The summed E-state index contributed by atoms with van der Waals surface area (Å²) in [7, 11) is 0. The number of hydrogen-bond donors (Lipinski definition) is 1. The van der Waals surface area contributed by atoms with Crippen LogP contribution in [0.1, 0.15) is 30.8 Å². The van der Waals surface area contributed by atoms with Crippen molar-refractivity contribution in [2.75, 3.05) is 0 Å². The Morgan fingerprint density at radius 1 is 1.53 bits per heavy atom.